The number of halogens is 1. The van der Waals surface area contributed by atoms with Crippen LogP contribution in [0.1, 0.15) is 10.4 Å². The first kappa shape index (κ1) is 17.6. The summed E-state index contributed by atoms with van der Waals surface area (Å²) in [6.07, 6.45) is 0. The van der Waals surface area contributed by atoms with Crippen LogP contribution in [0.15, 0.2) is 46.6 Å². The van der Waals surface area contributed by atoms with Crippen molar-refractivity contribution in [3.63, 3.8) is 0 Å². The lowest BCUT2D eigenvalue weighted by Crippen LogP contribution is -2.02. The fourth-order valence-electron chi connectivity index (χ4n) is 2.35. The van der Waals surface area contributed by atoms with Gasteiger partial charge in [-0.1, -0.05) is 0 Å². The second kappa shape index (κ2) is 6.59. The van der Waals surface area contributed by atoms with Crippen molar-refractivity contribution in [2.45, 2.75) is 0 Å². The molecule has 1 heterocycles. The van der Waals surface area contributed by atoms with Crippen LogP contribution in [0, 0.1) is 26.0 Å². The Morgan fingerprint density at radius 2 is 1.85 bits per heavy atom. The number of aromatic amines is 1. The minimum Gasteiger partial charge on any atom is -0.493 e. The largest absolute Gasteiger partial charge is 0.493 e. The molecular formula is C15H8FN5O6. The van der Waals surface area contributed by atoms with Crippen molar-refractivity contribution in [3.8, 4) is 5.88 Å². The molecule has 0 fully saturated rings. The fourth-order valence-corrected chi connectivity index (χ4v) is 2.35. The lowest BCUT2D eigenvalue weighted by molar-refractivity contribution is -0.389. The number of hydrogen-bond acceptors (Lipinski definition) is 7. The van der Waals surface area contributed by atoms with Crippen molar-refractivity contribution in [1.82, 2.24) is 4.98 Å². The third kappa shape index (κ3) is 3.30. The van der Waals surface area contributed by atoms with E-state index in [1.807, 2.05) is 0 Å². The van der Waals surface area contributed by atoms with E-state index in [-0.39, 0.29) is 11.1 Å². The molecule has 0 aliphatic rings. The summed E-state index contributed by atoms with van der Waals surface area (Å²) in [5, 5.41) is 38.6. The van der Waals surface area contributed by atoms with Gasteiger partial charge in [0.05, 0.1) is 15.4 Å². The molecule has 0 bridgehead atoms. The average Bonchev–Trinajstić information content (AvgIpc) is 2.93. The number of nitro groups is 2. The fraction of sp³-hybridized carbons (Fsp3) is 0. The van der Waals surface area contributed by atoms with Crippen LogP contribution in [0.3, 0.4) is 0 Å². The van der Waals surface area contributed by atoms with Gasteiger partial charge < -0.3 is 10.1 Å². The van der Waals surface area contributed by atoms with Crippen LogP contribution in [0.5, 0.6) is 5.88 Å². The number of aromatic nitrogens is 1. The zero-order valence-electron chi connectivity index (χ0n) is 13.1. The van der Waals surface area contributed by atoms with Crippen molar-refractivity contribution < 1.29 is 24.1 Å². The molecule has 2 aromatic carbocycles. The Hall–Kier alpha value is -4.22. The van der Waals surface area contributed by atoms with Crippen LogP contribution in [0.4, 0.5) is 21.5 Å². The molecule has 0 atom stereocenters. The summed E-state index contributed by atoms with van der Waals surface area (Å²) in [4.78, 5) is 34.8. The molecule has 0 aliphatic carbocycles. The molecule has 3 aromatic rings. The Bertz CT molecular complexity index is 1140. The molecule has 0 radical (unpaired) electrons. The molecular weight excluding hydrogens is 365 g/mol. The highest BCUT2D eigenvalue weighted by molar-refractivity contribution is 6.00. The van der Waals surface area contributed by atoms with Gasteiger partial charge in [0.2, 0.25) is 5.88 Å². The molecule has 1 amide bonds. The van der Waals surface area contributed by atoms with Gasteiger partial charge in [-0.25, -0.2) is 4.39 Å². The Morgan fingerprint density at radius 3 is 2.52 bits per heavy atom. The number of carbonyl (C=O) groups is 1. The third-order valence-corrected chi connectivity index (χ3v) is 3.57. The van der Waals surface area contributed by atoms with Gasteiger partial charge in [-0.3, -0.25) is 25.0 Å². The highest BCUT2D eigenvalue weighted by atomic mass is 19.1. The summed E-state index contributed by atoms with van der Waals surface area (Å²) in [5.41, 5.74) is -1.83. The molecule has 27 heavy (non-hydrogen) atoms. The van der Waals surface area contributed by atoms with Crippen LogP contribution >= 0.6 is 0 Å². The smallest absolute Gasteiger partial charge is 0.302 e. The Morgan fingerprint density at radius 1 is 1.11 bits per heavy atom. The normalized spacial score (nSPS) is 11.1. The van der Waals surface area contributed by atoms with E-state index in [0.717, 1.165) is 24.3 Å². The average molecular weight is 373 g/mol. The first-order chi connectivity index (χ1) is 12.8. The van der Waals surface area contributed by atoms with Crippen molar-refractivity contribution >= 4 is 33.9 Å². The maximum atomic E-state index is 13.4. The number of non-ortho nitro benzene ring substituents is 1. The summed E-state index contributed by atoms with van der Waals surface area (Å²) in [6.45, 7) is 0. The quantitative estimate of drug-likeness (QED) is 0.401. The van der Waals surface area contributed by atoms with Gasteiger partial charge in [0, 0.05) is 23.6 Å². The van der Waals surface area contributed by atoms with Gasteiger partial charge in [0.25, 0.3) is 11.4 Å². The molecule has 2 N–H and O–H groups in total. The van der Waals surface area contributed by atoms with E-state index in [4.69, 9.17) is 0 Å². The number of fused-ring (bicyclic) bond motifs is 1. The molecule has 0 saturated carbocycles. The van der Waals surface area contributed by atoms with Gasteiger partial charge in [0.15, 0.2) is 5.69 Å². The first-order valence-electron chi connectivity index (χ1n) is 7.17. The molecule has 11 nitrogen and oxygen atoms in total. The molecule has 0 saturated heterocycles. The maximum Gasteiger partial charge on any atom is 0.302 e. The summed E-state index contributed by atoms with van der Waals surface area (Å²) in [6, 6.07) is 5.89. The summed E-state index contributed by atoms with van der Waals surface area (Å²) in [7, 11) is 0. The van der Waals surface area contributed by atoms with Crippen LogP contribution in [-0.2, 0) is 0 Å². The number of aromatic hydroxyl groups is 1. The first-order valence-corrected chi connectivity index (χ1v) is 7.17. The SMILES string of the molecule is O=C(N=Nc1c(O)[nH]c2ccc(F)cc12)c1cc([N+](=O)[O-])ccc1[N+](=O)[O-]. The Kier molecular flexibility index (Phi) is 4.29. The van der Waals surface area contributed by atoms with Crippen LogP contribution < -0.4 is 0 Å². The number of hydrogen-bond donors (Lipinski definition) is 2. The number of H-pyrrole nitrogens is 1. The van der Waals surface area contributed by atoms with Crippen LogP contribution in [0.25, 0.3) is 10.9 Å². The molecule has 12 heteroatoms. The van der Waals surface area contributed by atoms with Crippen LogP contribution in [0.2, 0.25) is 0 Å². The summed E-state index contributed by atoms with van der Waals surface area (Å²) < 4.78 is 13.4. The number of rotatable bonds is 4. The van der Waals surface area contributed by atoms with Crippen molar-refractivity contribution in [1.29, 1.82) is 0 Å². The number of nitrogens with zero attached hydrogens (tertiary/aromatic N) is 4. The van der Waals surface area contributed by atoms with Gasteiger partial charge in [-0.15, -0.1) is 10.2 Å². The topological polar surface area (TPSA) is 164 Å². The lowest BCUT2D eigenvalue weighted by atomic mass is 10.1. The van der Waals surface area contributed by atoms with Crippen LogP contribution in [-0.4, -0.2) is 25.8 Å². The number of carbonyl (C=O) groups excluding carboxylic acids is 1. The zero-order chi connectivity index (χ0) is 19.7. The molecule has 0 spiro atoms. The van der Waals surface area contributed by atoms with Gasteiger partial charge in [-0.05, 0) is 18.2 Å². The van der Waals surface area contributed by atoms with E-state index >= 15 is 0 Å². The molecule has 1 aromatic heterocycles. The molecule has 136 valence electrons. The highest BCUT2D eigenvalue weighted by Gasteiger charge is 2.24. The number of amides is 1. The van der Waals surface area contributed by atoms with E-state index in [1.54, 1.807) is 0 Å². The standard InChI is InChI=1S/C15H8FN5O6/c16-7-1-3-11-9(5-7)13(15(23)17-11)18-19-14(22)10-6-8(20(24)25)2-4-12(10)21(26)27/h1-6,17,23H. The van der Waals surface area contributed by atoms with E-state index < -0.39 is 44.4 Å². The summed E-state index contributed by atoms with van der Waals surface area (Å²) >= 11 is 0. The van der Waals surface area contributed by atoms with Crippen molar-refractivity contribution in [2.75, 3.05) is 0 Å². The predicted molar refractivity (Wildman–Crippen MR) is 88.5 cm³/mol. The minimum atomic E-state index is -1.24. The summed E-state index contributed by atoms with van der Waals surface area (Å²) in [5.74, 6) is -2.37. The molecule has 0 unspecified atom stereocenters. The van der Waals surface area contributed by atoms with E-state index in [1.165, 1.54) is 6.07 Å². The lowest BCUT2D eigenvalue weighted by Gasteiger charge is -1.98. The van der Waals surface area contributed by atoms with Crippen molar-refractivity contribution in [3.05, 3.63) is 68.0 Å². The number of azo groups is 1. The van der Waals surface area contributed by atoms with Gasteiger partial charge in [0.1, 0.15) is 11.4 Å². The zero-order valence-corrected chi connectivity index (χ0v) is 13.1. The molecule has 3 rings (SSSR count). The third-order valence-electron chi connectivity index (χ3n) is 3.57. The van der Waals surface area contributed by atoms with Crippen molar-refractivity contribution in [2.24, 2.45) is 10.2 Å². The number of nitro benzene ring substituents is 2. The van der Waals surface area contributed by atoms with Gasteiger partial charge in [-0.2, -0.15) is 0 Å². The van der Waals surface area contributed by atoms with E-state index in [9.17, 15) is 34.5 Å². The Balaban J connectivity index is 2.04. The number of benzene rings is 2. The van der Waals surface area contributed by atoms with E-state index in [2.05, 4.69) is 15.2 Å². The predicted octanol–water partition coefficient (Wildman–Crippen LogP) is 3.75. The Labute approximate surface area is 148 Å². The second-order valence-corrected chi connectivity index (χ2v) is 5.23. The van der Waals surface area contributed by atoms with Gasteiger partial charge >= 0.3 is 5.91 Å². The van der Waals surface area contributed by atoms with E-state index in [0.29, 0.717) is 11.6 Å². The maximum absolute atomic E-state index is 13.4. The number of nitrogens with one attached hydrogen (secondary N) is 1. The monoisotopic (exact) mass is 373 g/mol. The minimum absolute atomic E-state index is 0.123. The second-order valence-electron chi connectivity index (χ2n) is 5.23. The molecule has 0 aliphatic heterocycles. The highest BCUT2D eigenvalue weighted by Crippen LogP contribution is 2.36.